The zero-order chi connectivity index (χ0) is 14.4. The Hall–Kier alpha value is -1.26. The van der Waals surface area contributed by atoms with Gasteiger partial charge in [0, 0.05) is 18.5 Å². The molecule has 0 unspecified atom stereocenters. The molecule has 0 aliphatic heterocycles. The quantitative estimate of drug-likeness (QED) is 0.758. The van der Waals surface area contributed by atoms with Crippen LogP contribution in [-0.2, 0) is 9.53 Å². The third-order valence-electron chi connectivity index (χ3n) is 1.99. The lowest BCUT2D eigenvalue weighted by molar-refractivity contribution is -0.128. The number of rotatable bonds is 4. The molecular weight excluding hydrogens is 232 g/mol. The van der Waals surface area contributed by atoms with E-state index in [0.717, 1.165) is 0 Å². The molecule has 0 aliphatic rings. The van der Waals surface area contributed by atoms with E-state index in [1.54, 1.807) is 0 Å². The zero-order valence-corrected chi connectivity index (χ0v) is 12.3. The summed E-state index contributed by atoms with van der Waals surface area (Å²) in [6.45, 7) is 12.1. The molecule has 0 fully saturated rings. The third kappa shape index (κ3) is 8.84. The number of ether oxygens (including phenoxy) is 1. The molecule has 0 spiro atoms. The molecule has 0 atom stereocenters. The molecule has 0 rings (SSSR count). The van der Waals surface area contributed by atoms with Crippen LogP contribution in [0.1, 0.15) is 48.0 Å². The summed E-state index contributed by atoms with van der Waals surface area (Å²) in [6, 6.07) is 0. The van der Waals surface area contributed by atoms with E-state index in [9.17, 15) is 9.59 Å². The highest BCUT2D eigenvalue weighted by Gasteiger charge is 2.20. The summed E-state index contributed by atoms with van der Waals surface area (Å²) in [5, 5.41) is 5.45. The second-order valence-electron chi connectivity index (χ2n) is 6.29. The summed E-state index contributed by atoms with van der Waals surface area (Å²) in [4.78, 5) is 22.8. The van der Waals surface area contributed by atoms with Crippen LogP contribution in [0.5, 0.6) is 0 Å². The van der Waals surface area contributed by atoms with Crippen molar-refractivity contribution in [2.75, 3.05) is 13.1 Å². The maximum atomic E-state index is 11.5. The summed E-state index contributed by atoms with van der Waals surface area (Å²) in [7, 11) is 0. The topological polar surface area (TPSA) is 67.4 Å². The van der Waals surface area contributed by atoms with E-state index in [0.29, 0.717) is 19.5 Å². The minimum atomic E-state index is -0.482. The maximum absolute atomic E-state index is 11.5. The summed E-state index contributed by atoms with van der Waals surface area (Å²) < 4.78 is 5.08. The van der Waals surface area contributed by atoms with Gasteiger partial charge < -0.3 is 15.4 Å². The zero-order valence-electron chi connectivity index (χ0n) is 12.3. The fourth-order valence-electron chi connectivity index (χ4n) is 1.06. The molecule has 5 heteroatoms. The van der Waals surface area contributed by atoms with E-state index in [1.165, 1.54) is 0 Å². The largest absolute Gasteiger partial charge is 0.444 e. The number of alkyl carbamates (subject to hydrolysis) is 1. The van der Waals surface area contributed by atoms with Crippen molar-refractivity contribution in [3.05, 3.63) is 0 Å². The molecular formula is C13H26N2O3. The number of hydrogen-bond donors (Lipinski definition) is 2. The van der Waals surface area contributed by atoms with Crippen LogP contribution in [0.4, 0.5) is 4.79 Å². The fraction of sp³-hybridized carbons (Fsp3) is 0.846. The van der Waals surface area contributed by atoms with Gasteiger partial charge in [0.1, 0.15) is 5.60 Å². The SMILES string of the molecule is CC(C)(C)OC(=O)NCCCNC(=O)C(C)(C)C. The van der Waals surface area contributed by atoms with Gasteiger partial charge in [-0.3, -0.25) is 4.79 Å². The van der Waals surface area contributed by atoms with Crippen LogP contribution in [0.2, 0.25) is 0 Å². The number of carbonyl (C=O) groups is 2. The van der Waals surface area contributed by atoms with Gasteiger partial charge in [-0.25, -0.2) is 4.79 Å². The van der Waals surface area contributed by atoms with Crippen molar-refractivity contribution in [1.29, 1.82) is 0 Å². The molecule has 0 heterocycles. The van der Waals surface area contributed by atoms with E-state index in [4.69, 9.17) is 4.74 Å². The lowest BCUT2D eigenvalue weighted by Gasteiger charge is -2.20. The number of nitrogens with one attached hydrogen (secondary N) is 2. The molecule has 106 valence electrons. The van der Waals surface area contributed by atoms with E-state index >= 15 is 0 Å². The van der Waals surface area contributed by atoms with Gasteiger partial charge in [0.15, 0.2) is 0 Å². The molecule has 0 aromatic rings. The molecule has 0 saturated carbocycles. The van der Waals surface area contributed by atoms with Crippen molar-refractivity contribution in [2.24, 2.45) is 5.41 Å². The van der Waals surface area contributed by atoms with Crippen molar-refractivity contribution < 1.29 is 14.3 Å². The summed E-state index contributed by atoms with van der Waals surface area (Å²) in [5.74, 6) is 0.0137. The highest BCUT2D eigenvalue weighted by Crippen LogP contribution is 2.12. The van der Waals surface area contributed by atoms with Gasteiger partial charge in [-0.05, 0) is 27.2 Å². The average molecular weight is 258 g/mol. The molecule has 0 aromatic heterocycles. The monoisotopic (exact) mass is 258 g/mol. The number of amides is 2. The molecule has 0 saturated heterocycles. The minimum absolute atomic E-state index is 0.0137. The normalized spacial score (nSPS) is 11.9. The van der Waals surface area contributed by atoms with Crippen LogP contribution >= 0.6 is 0 Å². The third-order valence-corrected chi connectivity index (χ3v) is 1.99. The average Bonchev–Trinajstić information content (AvgIpc) is 2.12. The molecule has 0 bridgehead atoms. The Morgan fingerprint density at radius 1 is 0.944 bits per heavy atom. The lowest BCUT2D eigenvalue weighted by atomic mass is 9.96. The van der Waals surface area contributed by atoms with Gasteiger partial charge in [-0.15, -0.1) is 0 Å². The van der Waals surface area contributed by atoms with Crippen LogP contribution in [0, 0.1) is 5.41 Å². The maximum Gasteiger partial charge on any atom is 0.407 e. The predicted octanol–water partition coefficient (Wildman–Crippen LogP) is 2.06. The summed E-state index contributed by atoms with van der Waals surface area (Å²) >= 11 is 0. The first kappa shape index (κ1) is 16.7. The van der Waals surface area contributed by atoms with Crippen molar-refractivity contribution in [2.45, 2.75) is 53.6 Å². The van der Waals surface area contributed by atoms with Crippen molar-refractivity contribution in [3.63, 3.8) is 0 Å². The molecule has 2 amide bonds. The minimum Gasteiger partial charge on any atom is -0.444 e. The molecule has 0 aliphatic carbocycles. The number of carbonyl (C=O) groups excluding carboxylic acids is 2. The van der Waals surface area contributed by atoms with Crippen molar-refractivity contribution in [1.82, 2.24) is 10.6 Å². The Kier molecular flexibility index (Phi) is 6.15. The first-order chi connectivity index (χ1) is 8.02. The van der Waals surface area contributed by atoms with Crippen LogP contribution < -0.4 is 10.6 Å². The molecule has 18 heavy (non-hydrogen) atoms. The van der Waals surface area contributed by atoms with E-state index < -0.39 is 11.7 Å². The standard InChI is InChI=1S/C13H26N2O3/c1-12(2,3)10(16)14-8-7-9-15-11(17)18-13(4,5)6/h7-9H2,1-6H3,(H,14,16)(H,15,17). The smallest absolute Gasteiger partial charge is 0.407 e. The van der Waals surface area contributed by atoms with Gasteiger partial charge >= 0.3 is 6.09 Å². The van der Waals surface area contributed by atoms with E-state index in [2.05, 4.69) is 10.6 Å². The van der Waals surface area contributed by atoms with Gasteiger partial charge in [-0.2, -0.15) is 0 Å². The Morgan fingerprint density at radius 2 is 1.44 bits per heavy atom. The second kappa shape index (κ2) is 6.61. The Labute approximate surface area is 110 Å². The Balaban J connectivity index is 3.64. The molecule has 5 nitrogen and oxygen atoms in total. The van der Waals surface area contributed by atoms with Gasteiger partial charge in [0.05, 0.1) is 0 Å². The van der Waals surface area contributed by atoms with Crippen LogP contribution in [0.3, 0.4) is 0 Å². The second-order valence-corrected chi connectivity index (χ2v) is 6.29. The van der Waals surface area contributed by atoms with Crippen LogP contribution in [-0.4, -0.2) is 30.7 Å². The highest BCUT2D eigenvalue weighted by atomic mass is 16.6. The highest BCUT2D eigenvalue weighted by molar-refractivity contribution is 5.81. The number of hydrogen-bond acceptors (Lipinski definition) is 3. The predicted molar refractivity (Wildman–Crippen MR) is 71.3 cm³/mol. The molecule has 2 N–H and O–H groups in total. The fourth-order valence-corrected chi connectivity index (χ4v) is 1.06. The summed E-state index contributed by atoms with van der Waals surface area (Å²) in [6.07, 6.45) is 0.255. The van der Waals surface area contributed by atoms with Crippen molar-refractivity contribution >= 4 is 12.0 Å². The first-order valence-electron chi connectivity index (χ1n) is 6.27. The summed E-state index contributed by atoms with van der Waals surface area (Å²) in [5.41, 5.74) is -0.858. The molecule has 0 radical (unpaired) electrons. The molecule has 0 aromatic carbocycles. The van der Waals surface area contributed by atoms with Crippen LogP contribution in [0.15, 0.2) is 0 Å². The Bertz CT molecular complexity index is 288. The van der Waals surface area contributed by atoms with Crippen LogP contribution in [0.25, 0.3) is 0 Å². The van der Waals surface area contributed by atoms with Gasteiger partial charge in [-0.1, -0.05) is 20.8 Å². The Morgan fingerprint density at radius 3 is 1.89 bits per heavy atom. The first-order valence-corrected chi connectivity index (χ1v) is 6.27. The van der Waals surface area contributed by atoms with E-state index in [1.807, 2.05) is 41.5 Å². The lowest BCUT2D eigenvalue weighted by Crippen LogP contribution is -2.37. The van der Waals surface area contributed by atoms with Crippen molar-refractivity contribution in [3.8, 4) is 0 Å². The van der Waals surface area contributed by atoms with Gasteiger partial charge in [0.2, 0.25) is 5.91 Å². The van der Waals surface area contributed by atoms with Gasteiger partial charge in [0.25, 0.3) is 0 Å². The van der Waals surface area contributed by atoms with E-state index in [-0.39, 0.29) is 11.3 Å².